The van der Waals surface area contributed by atoms with E-state index in [0.717, 1.165) is 30.4 Å². The zero-order valence-corrected chi connectivity index (χ0v) is 20.8. The van der Waals surface area contributed by atoms with Gasteiger partial charge in [0.05, 0.1) is 6.61 Å². The van der Waals surface area contributed by atoms with Crippen molar-refractivity contribution in [3.05, 3.63) is 48.5 Å². The molecule has 32 heavy (non-hydrogen) atoms. The highest BCUT2D eigenvalue weighted by Gasteiger charge is 2.06. The van der Waals surface area contributed by atoms with Gasteiger partial charge in [-0.25, -0.2) is 4.79 Å². The number of rotatable bonds is 16. The summed E-state index contributed by atoms with van der Waals surface area (Å²) < 4.78 is 10.3. The molecule has 0 bridgehead atoms. The molecule has 2 aromatic rings. The number of hydrogen-bond donors (Lipinski definition) is 0. The smallest absolute Gasteiger partial charge is 0.434 e. The standard InChI is InChI=1S/C28H40O3S/c1-3-5-7-8-9-10-11-13-23-32-27-20-16-25(17-21-27)24-14-18-26(19-15-24)31-28(29)30-22-12-6-4-2/h14-21H,3-13,22-23H2,1-2H3. The van der Waals surface area contributed by atoms with Crippen LogP contribution in [0.25, 0.3) is 11.1 Å². The molecule has 2 aromatic carbocycles. The lowest BCUT2D eigenvalue weighted by atomic mass is 10.1. The quantitative estimate of drug-likeness (QED) is 0.109. The molecule has 0 aliphatic heterocycles. The van der Waals surface area contributed by atoms with Crippen molar-refractivity contribution in [2.24, 2.45) is 0 Å². The molecular formula is C28H40O3S. The number of benzene rings is 2. The lowest BCUT2D eigenvalue weighted by Crippen LogP contribution is -2.11. The number of carbonyl (C=O) groups excluding carboxylic acids is 1. The minimum absolute atomic E-state index is 0.411. The van der Waals surface area contributed by atoms with Gasteiger partial charge < -0.3 is 9.47 Å². The van der Waals surface area contributed by atoms with Gasteiger partial charge >= 0.3 is 6.16 Å². The Morgan fingerprint density at radius 2 is 1.22 bits per heavy atom. The van der Waals surface area contributed by atoms with Crippen molar-refractivity contribution in [1.29, 1.82) is 0 Å². The van der Waals surface area contributed by atoms with E-state index in [4.69, 9.17) is 9.47 Å². The summed E-state index contributed by atoms with van der Waals surface area (Å²) in [6.07, 6.45) is 13.3. The maximum absolute atomic E-state index is 11.7. The van der Waals surface area contributed by atoms with Crippen molar-refractivity contribution >= 4 is 17.9 Å². The second-order valence-electron chi connectivity index (χ2n) is 8.28. The highest BCUT2D eigenvalue weighted by molar-refractivity contribution is 7.99. The summed E-state index contributed by atoms with van der Waals surface area (Å²) in [7, 11) is 0. The van der Waals surface area contributed by atoms with Gasteiger partial charge in [0.25, 0.3) is 0 Å². The van der Waals surface area contributed by atoms with Gasteiger partial charge in [-0.2, -0.15) is 0 Å². The molecule has 0 atom stereocenters. The summed E-state index contributed by atoms with van der Waals surface area (Å²) in [5.41, 5.74) is 2.27. The van der Waals surface area contributed by atoms with E-state index in [1.165, 1.54) is 62.0 Å². The van der Waals surface area contributed by atoms with E-state index in [1.807, 2.05) is 36.0 Å². The maximum atomic E-state index is 11.7. The van der Waals surface area contributed by atoms with Crippen LogP contribution in [0.15, 0.2) is 53.4 Å². The Balaban J connectivity index is 1.67. The van der Waals surface area contributed by atoms with E-state index in [9.17, 15) is 4.79 Å². The van der Waals surface area contributed by atoms with Gasteiger partial charge in [-0.3, -0.25) is 0 Å². The maximum Gasteiger partial charge on any atom is 0.513 e. The monoisotopic (exact) mass is 456 g/mol. The highest BCUT2D eigenvalue weighted by atomic mass is 32.2. The summed E-state index contributed by atoms with van der Waals surface area (Å²) in [4.78, 5) is 13.0. The Hall–Kier alpha value is -1.94. The first-order valence-corrected chi connectivity index (χ1v) is 13.4. The molecule has 0 saturated heterocycles. The van der Waals surface area contributed by atoms with E-state index in [0.29, 0.717) is 12.4 Å². The minimum atomic E-state index is -0.633. The Morgan fingerprint density at radius 3 is 1.84 bits per heavy atom. The third-order valence-corrected chi connectivity index (χ3v) is 6.58. The normalized spacial score (nSPS) is 10.8. The minimum Gasteiger partial charge on any atom is -0.434 e. The van der Waals surface area contributed by atoms with Crippen molar-refractivity contribution in [3.63, 3.8) is 0 Å². The van der Waals surface area contributed by atoms with Gasteiger partial charge in [0.2, 0.25) is 0 Å². The highest BCUT2D eigenvalue weighted by Crippen LogP contribution is 2.26. The van der Waals surface area contributed by atoms with E-state index >= 15 is 0 Å². The Labute approximate surface area is 199 Å². The molecular weight excluding hydrogens is 416 g/mol. The molecule has 0 aliphatic rings. The van der Waals surface area contributed by atoms with Crippen molar-refractivity contribution in [2.45, 2.75) is 89.4 Å². The summed E-state index contributed by atoms with van der Waals surface area (Å²) in [6.45, 7) is 4.80. The van der Waals surface area contributed by atoms with Crippen LogP contribution in [0.5, 0.6) is 5.75 Å². The van der Waals surface area contributed by atoms with Crippen LogP contribution in [0.3, 0.4) is 0 Å². The molecule has 3 nitrogen and oxygen atoms in total. The molecule has 4 heteroatoms. The molecule has 0 radical (unpaired) electrons. The number of unbranched alkanes of at least 4 members (excludes halogenated alkanes) is 9. The first-order chi connectivity index (χ1) is 15.7. The molecule has 0 spiro atoms. The fourth-order valence-electron chi connectivity index (χ4n) is 3.52. The molecule has 2 rings (SSSR count). The zero-order chi connectivity index (χ0) is 22.9. The molecule has 0 saturated carbocycles. The number of thioether (sulfide) groups is 1. The van der Waals surface area contributed by atoms with E-state index < -0.39 is 6.16 Å². The second-order valence-corrected chi connectivity index (χ2v) is 9.45. The molecule has 0 amide bonds. The number of hydrogen-bond acceptors (Lipinski definition) is 4. The summed E-state index contributed by atoms with van der Waals surface area (Å²) in [5, 5.41) is 0. The SMILES string of the molecule is CCCCCCCCCCSc1ccc(-c2ccc(OC(=O)OCCCCC)cc2)cc1. The van der Waals surface area contributed by atoms with Gasteiger partial charge in [-0.05, 0) is 54.0 Å². The fourth-order valence-corrected chi connectivity index (χ4v) is 4.43. The van der Waals surface area contributed by atoms with E-state index in [-0.39, 0.29) is 0 Å². The second kappa shape index (κ2) is 16.7. The van der Waals surface area contributed by atoms with Crippen LogP contribution >= 0.6 is 11.8 Å². The van der Waals surface area contributed by atoms with Crippen LogP contribution in [-0.4, -0.2) is 18.5 Å². The van der Waals surface area contributed by atoms with Gasteiger partial charge in [0.1, 0.15) is 5.75 Å². The lowest BCUT2D eigenvalue weighted by Gasteiger charge is -2.08. The number of carbonyl (C=O) groups is 1. The molecule has 0 aromatic heterocycles. The first kappa shape index (κ1) is 26.3. The van der Waals surface area contributed by atoms with Crippen molar-refractivity contribution < 1.29 is 14.3 Å². The third-order valence-electron chi connectivity index (χ3n) is 5.48. The van der Waals surface area contributed by atoms with Gasteiger partial charge in [-0.1, -0.05) is 95.9 Å². The lowest BCUT2D eigenvalue weighted by molar-refractivity contribution is 0.0974. The fraction of sp³-hybridized carbons (Fsp3) is 0.536. The Morgan fingerprint density at radius 1 is 0.688 bits per heavy atom. The Bertz CT molecular complexity index is 740. The molecule has 0 unspecified atom stereocenters. The third kappa shape index (κ3) is 11.1. The van der Waals surface area contributed by atoms with Crippen LogP contribution in [0.2, 0.25) is 0 Å². The van der Waals surface area contributed by atoms with Gasteiger partial charge in [0, 0.05) is 4.90 Å². The van der Waals surface area contributed by atoms with Crippen LogP contribution in [-0.2, 0) is 4.74 Å². The molecule has 0 N–H and O–H groups in total. The largest absolute Gasteiger partial charge is 0.513 e. The van der Waals surface area contributed by atoms with Crippen molar-refractivity contribution in [2.75, 3.05) is 12.4 Å². The molecule has 0 heterocycles. The molecule has 176 valence electrons. The van der Waals surface area contributed by atoms with E-state index in [1.54, 1.807) is 0 Å². The summed E-state index contributed by atoms with van der Waals surface area (Å²) in [5.74, 6) is 1.70. The van der Waals surface area contributed by atoms with Crippen LogP contribution in [0, 0.1) is 0 Å². The topological polar surface area (TPSA) is 35.5 Å². The average Bonchev–Trinajstić information content (AvgIpc) is 2.82. The predicted molar refractivity (Wildman–Crippen MR) is 137 cm³/mol. The van der Waals surface area contributed by atoms with Crippen molar-refractivity contribution in [3.8, 4) is 16.9 Å². The Kier molecular flexibility index (Phi) is 13.7. The molecule has 0 fully saturated rings. The van der Waals surface area contributed by atoms with Gasteiger partial charge in [-0.15, -0.1) is 11.8 Å². The first-order valence-electron chi connectivity index (χ1n) is 12.4. The van der Waals surface area contributed by atoms with Gasteiger partial charge in [0.15, 0.2) is 0 Å². The van der Waals surface area contributed by atoms with E-state index in [2.05, 4.69) is 38.1 Å². The summed E-state index contributed by atoms with van der Waals surface area (Å²) in [6, 6.07) is 16.3. The zero-order valence-electron chi connectivity index (χ0n) is 19.9. The average molecular weight is 457 g/mol. The number of ether oxygens (including phenoxy) is 2. The molecule has 0 aliphatic carbocycles. The van der Waals surface area contributed by atoms with Crippen LogP contribution in [0.4, 0.5) is 4.79 Å². The summed E-state index contributed by atoms with van der Waals surface area (Å²) >= 11 is 1.94. The predicted octanol–water partition coefficient (Wildman–Crippen LogP) is 9.29. The van der Waals surface area contributed by atoms with Crippen LogP contribution in [0.1, 0.15) is 84.5 Å². The van der Waals surface area contributed by atoms with Crippen molar-refractivity contribution in [1.82, 2.24) is 0 Å². The van der Waals surface area contributed by atoms with Crippen LogP contribution < -0.4 is 4.74 Å².